The number of amides is 1. The van der Waals surface area contributed by atoms with Crippen LogP contribution in [0.2, 0.25) is 0 Å². The van der Waals surface area contributed by atoms with E-state index in [1.165, 1.54) is 37.2 Å². The van der Waals surface area contributed by atoms with E-state index < -0.39 is 0 Å². The molecular weight excluding hydrogens is 473 g/mol. The molecule has 8 heteroatoms. The number of nitrogens with zero attached hydrogens (tertiary/aromatic N) is 4. The van der Waals surface area contributed by atoms with Crippen LogP contribution >= 0.6 is 35.3 Å². The van der Waals surface area contributed by atoms with Gasteiger partial charge in [-0.1, -0.05) is 6.07 Å². The Bertz CT molecular complexity index is 601. The zero-order valence-corrected chi connectivity index (χ0v) is 19.5. The van der Waals surface area contributed by atoms with Gasteiger partial charge in [0.2, 0.25) is 5.91 Å². The van der Waals surface area contributed by atoms with E-state index in [1.807, 2.05) is 0 Å². The number of rotatable bonds is 6. The number of hydrogen-bond donors (Lipinski definition) is 1. The van der Waals surface area contributed by atoms with Crippen LogP contribution in [0.4, 0.5) is 0 Å². The van der Waals surface area contributed by atoms with Crippen LogP contribution in [-0.2, 0) is 11.2 Å². The van der Waals surface area contributed by atoms with Crippen molar-refractivity contribution in [3.05, 3.63) is 22.4 Å². The number of thiophene rings is 1. The van der Waals surface area contributed by atoms with Crippen LogP contribution in [0.5, 0.6) is 0 Å². The highest BCUT2D eigenvalue weighted by atomic mass is 127. The molecule has 2 aliphatic heterocycles. The number of likely N-dealkylation sites (tertiary alicyclic amines) is 2. The summed E-state index contributed by atoms with van der Waals surface area (Å²) in [5.74, 6) is 0.927. The SMILES string of the molecule is CN(C)C(=O)CN=C(NCCc1cccs1)N1CCC(N2CCCC2)C1.I. The largest absolute Gasteiger partial charge is 0.356 e. The fourth-order valence-corrected chi connectivity index (χ4v) is 4.35. The molecule has 1 aromatic rings. The minimum atomic E-state index is 0. The summed E-state index contributed by atoms with van der Waals surface area (Å²) in [7, 11) is 3.56. The molecule has 1 aromatic heterocycles. The third kappa shape index (κ3) is 6.60. The second-order valence-corrected chi connectivity index (χ2v) is 8.35. The van der Waals surface area contributed by atoms with Crippen molar-refractivity contribution in [1.29, 1.82) is 0 Å². The number of likely N-dealkylation sites (N-methyl/N-ethyl adjacent to an activating group) is 1. The van der Waals surface area contributed by atoms with Gasteiger partial charge < -0.3 is 15.1 Å². The predicted octanol–water partition coefficient (Wildman–Crippen LogP) is 2.11. The first-order chi connectivity index (χ1) is 12.6. The molecular formula is C19H32IN5OS. The van der Waals surface area contributed by atoms with Crippen molar-refractivity contribution in [1.82, 2.24) is 20.0 Å². The molecule has 1 amide bonds. The summed E-state index contributed by atoms with van der Waals surface area (Å²) in [5.41, 5.74) is 0. The number of halogens is 1. The number of guanidine groups is 1. The zero-order valence-electron chi connectivity index (χ0n) is 16.4. The lowest BCUT2D eigenvalue weighted by molar-refractivity contribution is -0.127. The molecule has 2 fully saturated rings. The molecule has 0 aliphatic carbocycles. The molecule has 6 nitrogen and oxygen atoms in total. The first-order valence-electron chi connectivity index (χ1n) is 9.63. The van der Waals surface area contributed by atoms with Crippen LogP contribution in [0.3, 0.4) is 0 Å². The van der Waals surface area contributed by atoms with E-state index in [9.17, 15) is 4.79 Å². The maximum atomic E-state index is 12.0. The smallest absolute Gasteiger partial charge is 0.243 e. The average Bonchev–Trinajstić information content (AvgIpc) is 3.39. The molecule has 0 bridgehead atoms. The Hall–Kier alpha value is -0.870. The molecule has 0 spiro atoms. The summed E-state index contributed by atoms with van der Waals surface area (Å²) in [6.07, 6.45) is 4.83. The standard InChI is InChI=1S/C19H31N5OS.HI/c1-22(2)18(25)14-21-19(20-9-7-17-6-5-13-26-17)24-12-8-16(15-24)23-10-3-4-11-23;/h5-6,13,16H,3-4,7-12,14-15H2,1-2H3,(H,20,21);1H. The lowest BCUT2D eigenvalue weighted by atomic mass is 10.2. The number of carbonyl (C=O) groups excluding carboxylic acids is 1. The highest BCUT2D eigenvalue weighted by Crippen LogP contribution is 2.20. The van der Waals surface area contributed by atoms with Crippen molar-refractivity contribution in [2.45, 2.75) is 31.7 Å². The summed E-state index contributed by atoms with van der Waals surface area (Å²) in [6, 6.07) is 4.88. The van der Waals surface area contributed by atoms with Gasteiger partial charge in [-0.15, -0.1) is 35.3 Å². The summed E-state index contributed by atoms with van der Waals surface area (Å²) in [6.45, 7) is 5.55. The van der Waals surface area contributed by atoms with Gasteiger partial charge in [-0.3, -0.25) is 9.69 Å². The van der Waals surface area contributed by atoms with Crippen LogP contribution < -0.4 is 5.32 Å². The van der Waals surface area contributed by atoms with Gasteiger partial charge in [0.05, 0.1) is 0 Å². The van der Waals surface area contributed by atoms with E-state index in [0.29, 0.717) is 6.04 Å². The van der Waals surface area contributed by atoms with Gasteiger partial charge in [0, 0.05) is 44.6 Å². The third-order valence-corrected chi connectivity index (χ3v) is 6.15. The van der Waals surface area contributed by atoms with Crippen LogP contribution in [0.1, 0.15) is 24.1 Å². The summed E-state index contributed by atoms with van der Waals surface area (Å²) < 4.78 is 0. The van der Waals surface area contributed by atoms with Crippen LogP contribution in [0.15, 0.2) is 22.5 Å². The van der Waals surface area contributed by atoms with E-state index in [1.54, 1.807) is 30.3 Å². The lowest BCUT2D eigenvalue weighted by Gasteiger charge is -2.25. The molecule has 152 valence electrons. The first kappa shape index (κ1) is 22.4. The molecule has 0 aromatic carbocycles. The second kappa shape index (κ2) is 11.2. The van der Waals surface area contributed by atoms with Crippen molar-refractivity contribution in [3.8, 4) is 0 Å². The van der Waals surface area contributed by atoms with Gasteiger partial charge in [0.15, 0.2) is 5.96 Å². The Morgan fingerprint density at radius 1 is 1.33 bits per heavy atom. The average molecular weight is 505 g/mol. The fraction of sp³-hybridized carbons (Fsp3) is 0.684. The molecule has 0 radical (unpaired) electrons. The van der Waals surface area contributed by atoms with Crippen molar-refractivity contribution < 1.29 is 4.79 Å². The quantitative estimate of drug-likeness (QED) is 0.366. The molecule has 0 saturated carbocycles. The van der Waals surface area contributed by atoms with E-state index in [0.717, 1.165) is 32.0 Å². The third-order valence-electron chi connectivity index (χ3n) is 5.22. The summed E-state index contributed by atoms with van der Waals surface area (Å²) >= 11 is 1.79. The Morgan fingerprint density at radius 2 is 2.11 bits per heavy atom. The minimum absolute atomic E-state index is 0. The molecule has 27 heavy (non-hydrogen) atoms. The molecule has 3 rings (SSSR count). The summed E-state index contributed by atoms with van der Waals surface area (Å²) in [5, 5.41) is 5.61. The van der Waals surface area contributed by atoms with Crippen molar-refractivity contribution in [3.63, 3.8) is 0 Å². The minimum Gasteiger partial charge on any atom is -0.356 e. The molecule has 1 unspecified atom stereocenters. The number of carbonyl (C=O) groups is 1. The maximum absolute atomic E-state index is 12.0. The Kier molecular flexibility index (Phi) is 9.31. The van der Waals surface area contributed by atoms with Crippen LogP contribution in [0.25, 0.3) is 0 Å². The maximum Gasteiger partial charge on any atom is 0.243 e. The molecule has 2 saturated heterocycles. The van der Waals surface area contributed by atoms with Gasteiger partial charge in [-0.25, -0.2) is 4.99 Å². The normalized spacial score (nSPS) is 20.6. The lowest BCUT2D eigenvalue weighted by Crippen LogP contribution is -2.43. The zero-order chi connectivity index (χ0) is 18.4. The monoisotopic (exact) mass is 505 g/mol. The van der Waals surface area contributed by atoms with Gasteiger partial charge in [-0.05, 0) is 50.2 Å². The van der Waals surface area contributed by atoms with Gasteiger partial charge in [0.1, 0.15) is 6.54 Å². The molecule has 2 aliphatic rings. The Balaban J connectivity index is 0.00000261. The highest BCUT2D eigenvalue weighted by Gasteiger charge is 2.30. The Labute approximate surface area is 184 Å². The van der Waals surface area contributed by atoms with Gasteiger partial charge in [0.25, 0.3) is 0 Å². The molecule has 1 N–H and O–H groups in total. The van der Waals surface area contributed by atoms with Crippen molar-refractivity contribution in [2.75, 3.05) is 53.4 Å². The predicted molar refractivity (Wildman–Crippen MR) is 123 cm³/mol. The number of nitrogens with one attached hydrogen (secondary N) is 1. The molecule has 1 atom stereocenters. The van der Waals surface area contributed by atoms with Crippen LogP contribution in [0, 0.1) is 0 Å². The fourth-order valence-electron chi connectivity index (χ4n) is 3.64. The Morgan fingerprint density at radius 3 is 2.78 bits per heavy atom. The van der Waals surface area contributed by atoms with E-state index >= 15 is 0 Å². The number of aliphatic imine (C=N–C) groups is 1. The van der Waals surface area contributed by atoms with Crippen LogP contribution in [-0.4, -0.2) is 86.0 Å². The molecule has 3 heterocycles. The van der Waals surface area contributed by atoms with E-state index in [-0.39, 0.29) is 36.4 Å². The van der Waals surface area contributed by atoms with Gasteiger partial charge in [-0.2, -0.15) is 0 Å². The topological polar surface area (TPSA) is 51.2 Å². The van der Waals surface area contributed by atoms with Crippen molar-refractivity contribution >= 4 is 47.2 Å². The number of hydrogen-bond acceptors (Lipinski definition) is 4. The van der Waals surface area contributed by atoms with Gasteiger partial charge >= 0.3 is 0 Å². The van der Waals surface area contributed by atoms with Crippen molar-refractivity contribution in [2.24, 2.45) is 4.99 Å². The summed E-state index contributed by atoms with van der Waals surface area (Å²) in [4.78, 5) is 24.5. The van der Waals surface area contributed by atoms with E-state index in [2.05, 4.69) is 37.6 Å². The first-order valence-corrected chi connectivity index (χ1v) is 10.5. The van der Waals surface area contributed by atoms with E-state index in [4.69, 9.17) is 0 Å². The highest BCUT2D eigenvalue weighted by molar-refractivity contribution is 14.0. The second-order valence-electron chi connectivity index (χ2n) is 7.32.